The van der Waals surface area contributed by atoms with Crippen LogP contribution in [0.5, 0.6) is 5.75 Å². The number of carbonyl (C=O) groups is 1. The van der Waals surface area contributed by atoms with Crippen molar-refractivity contribution in [2.75, 3.05) is 19.0 Å². The third-order valence-corrected chi connectivity index (χ3v) is 7.83. The number of amides is 1. The Hall–Kier alpha value is -2.49. The van der Waals surface area contributed by atoms with Crippen molar-refractivity contribution in [2.24, 2.45) is 0 Å². The van der Waals surface area contributed by atoms with E-state index < -0.39 is 10.0 Å². The number of para-hydroxylation sites is 1. The number of nitrogens with zero attached hydrogens (tertiary/aromatic N) is 1. The maximum absolute atomic E-state index is 13.0. The molecule has 0 atom stereocenters. The van der Waals surface area contributed by atoms with Crippen LogP contribution >= 0.6 is 12.2 Å². The Labute approximate surface area is 201 Å². The summed E-state index contributed by atoms with van der Waals surface area (Å²) in [7, 11) is -1.91. The topological polar surface area (TPSA) is 87.7 Å². The Balaban J connectivity index is 1.62. The molecule has 0 bridgehead atoms. The van der Waals surface area contributed by atoms with Crippen molar-refractivity contribution in [3.05, 3.63) is 54.1 Å². The van der Waals surface area contributed by atoms with Crippen LogP contribution in [-0.4, -0.2) is 43.4 Å². The SMILES string of the molecule is CCCOc1ccccc1C(=O)NC(=S)Nc1ccc(S(=O)(=O)N(C)C2CCCCC2)cc1. The highest BCUT2D eigenvalue weighted by Crippen LogP contribution is 2.27. The van der Waals surface area contributed by atoms with Gasteiger partial charge in [-0.15, -0.1) is 0 Å². The van der Waals surface area contributed by atoms with Crippen LogP contribution in [0.3, 0.4) is 0 Å². The van der Waals surface area contributed by atoms with Gasteiger partial charge < -0.3 is 10.1 Å². The van der Waals surface area contributed by atoms with Gasteiger partial charge in [-0.1, -0.05) is 38.3 Å². The molecule has 9 heteroatoms. The van der Waals surface area contributed by atoms with Crippen molar-refractivity contribution in [1.29, 1.82) is 0 Å². The van der Waals surface area contributed by atoms with Gasteiger partial charge in [0.2, 0.25) is 10.0 Å². The van der Waals surface area contributed by atoms with Crippen LogP contribution in [0.2, 0.25) is 0 Å². The van der Waals surface area contributed by atoms with Crippen molar-refractivity contribution < 1.29 is 17.9 Å². The van der Waals surface area contributed by atoms with Crippen LogP contribution in [0.15, 0.2) is 53.4 Å². The lowest BCUT2D eigenvalue weighted by Gasteiger charge is -2.30. The molecule has 1 amide bonds. The van der Waals surface area contributed by atoms with Crippen LogP contribution in [0, 0.1) is 0 Å². The molecule has 0 aliphatic heterocycles. The molecule has 3 rings (SSSR count). The number of ether oxygens (including phenoxy) is 1. The number of thiocarbonyl (C=S) groups is 1. The molecule has 0 unspecified atom stereocenters. The quantitative estimate of drug-likeness (QED) is 0.529. The van der Waals surface area contributed by atoms with Gasteiger partial charge in [0.1, 0.15) is 5.75 Å². The van der Waals surface area contributed by atoms with Crippen molar-refractivity contribution in [1.82, 2.24) is 9.62 Å². The first-order chi connectivity index (χ1) is 15.8. The van der Waals surface area contributed by atoms with E-state index in [1.54, 1.807) is 55.6 Å². The van der Waals surface area contributed by atoms with Gasteiger partial charge in [0, 0.05) is 18.8 Å². The lowest BCUT2D eigenvalue weighted by molar-refractivity contribution is 0.0973. The van der Waals surface area contributed by atoms with E-state index >= 15 is 0 Å². The van der Waals surface area contributed by atoms with Gasteiger partial charge in [-0.2, -0.15) is 4.31 Å². The highest BCUT2D eigenvalue weighted by molar-refractivity contribution is 7.89. The minimum absolute atomic E-state index is 0.0496. The van der Waals surface area contributed by atoms with Gasteiger partial charge in [-0.25, -0.2) is 8.42 Å². The highest BCUT2D eigenvalue weighted by atomic mass is 32.2. The summed E-state index contributed by atoms with van der Waals surface area (Å²) < 4.78 is 33.1. The molecular weight excluding hydrogens is 458 g/mol. The number of carbonyl (C=O) groups excluding carboxylic acids is 1. The molecule has 7 nitrogen and oxygen atoms in total. The van der Waals surface area contributed by atoms with E-state index in [-0.39, 0.29) is 22.0 Å². The van der Waals surface area contributed by atoms with Gasteiger partial charge >= 0.3 is 0 Å². The van der Waals surface area contributed by atoms with Crippen LogP contribution in [0.1, 0.15) is 55.8 Å². The first-order valence-corrected chi connectivity index (χ1v) is 13.1. The smallest absolute Gasteiger partial charge is 0.261 e. The average Bonchev–Trinajstić information content (AvgIpc) is 2.83. The first kappa shape index (κ1) is 25.1. The largest absolute Gasteiger partial charge is 0.493 e. The van der Waals surface area contributed by atoms with Gasteiger partial charge in [0.05, 0.1) is 17.1 Å². The van der Waals surface area contributed by atoms with E-state index in [1.807, 2.05) is 6.92 Å². The summed E-state index contributed by atoms with van der Waals surface area (Å²) in [5.74, 6) is 0.115. The first-order valence-electron chi connectivity index (χ1n) is 11.2. The molecule has 2 aromatic rings. The molecule has 1 aliphatic rings. The normalized spacial score (nSPS) is 14.6. The number of sulfonamides is 1. The summed E-state index contributed by atoms with van der Waals surface area (Å²) >= 11 is 5.27. The van der Waals surface area contributed by atoms with Crippen LogP contribution < -0.4 is 15.4 Å². The summed E-state index contributed by atoms with van der Waals surface area (Å²) in [4.78, 5) is 12.9. The van der Waals surface area contributed by atoms with Gasteiger partial charge in [0.25, 0.3) is 5.91 Å². The Morgan fingerprint density at radius 1 is 1.09 bits per heavy atom. The molecule has 1 aliphatic carbocycles. The Bertz CT molecular complexity index is 1070. The predicted octanol–water partition coefficient (Wildman–Crippen LogP) is 4.56. The molecule has 0 spiro atoms. The molecule has 178 valence electrons. The Morgan fingerprint density at radius 3 is 2.42 bits per heavy atom. The van der Waals surface area contributed by atoms with Gasteiger partial charge in [-0.3, -0.25) is 10.1 Å². The minimum Gasteiger partial charge on any atom is -0.493 e. The van der Waals surface area contributed by atoms with E-state index in [0.717, 1.165) is 32.1 Å². The lowest BCUT2D eigenvalue weighted by Crippen LogP contribution is -2.38. The fourth-order valence-electron chi connectivity index (χ4n) is 3.84. The molecule has 33 heavy (non-hydrogen) atoms. The number of hydrogen-bond acceptors (Lipinski definition) is 5. The van der Waals surface area contributed by atoms with Gasteiger partial charge in [0.15, 0.2) is 5.11 Å². The summed E-state index contributed by atoms with van der Waals surface area (Å²) in [6, 6.07) is 13.4. The zero-order valence-corrected chi connectivity index (χ0v) is 20.7. The molecule has 2 N–H and O–H groups in total. The Kier molecular flexibility index (Phi) is 8.82. The lowest BCUT2D eigenvalue weighted by atomic mass is 9.96. The van der Waals surface area contributed by atoms with E-state index in [4.69, 9.17) is 17.0 Å². The summed E-state index contributed by atoms with van der Waals surface area (Å²) in [6.07, 6.45) is 5.92. The molecule has 0 aromatic heterocycles. The maximum atomic E-state index is 13.0. The molecule has 1 fully saturated rings. The standard InChI is InChI=1S/C24H31N3O4S2/c1-3-17-31-22-12-8-7-11-21(22)23(28)26-24(32)25-18-13-15-20(16-14-18)33(29,30)27(2)19-9-5-4-6-10-19/h7-8,11-16,19H,3-6,9-10,17H2,1-2H3,(H2,25,26,28,32). The van der Waals surface area contributed by atoms with Crippen LogP contribution in [0.25, 0.3) is 0 Å². The maximum Gasteiger partial charge on any atom is 0.261 e. The number of hydrogen-bond donors (Lipinski definition) is 2. The third-order valence-electron chi connectivity index (χ3n) is 5.70. The second-order valence-corrected chi connectivity index (χ2v) is 10.5. The fourth-order valence-corrected chi connectivity index (χ4v) is 5.47. The van der Waals surface area contributed by atoms with Gasteiger partial charge in [-0.05, 0) is 67.9 Å². The zero-order chi connectivity index (χ0) is 23.8. The average molecular weight is 490 g/mol. The van der Waals surface area contributed by atoms with E-state index in [0.29, 0.717) is 23.6 Å². The number of rotatable bonds is 8. The monoisotopic (exact) mass is 489 g/mol. The Morgan fingerprint density at radius 2 is 1.76 bits per heavy atom. The molecular formula is C24H31N3O4S2. The van der Waals surface area contributed by atoms with Crippen molar-refractivity contribution in [3.63, 3.8) is 0 Å². The zero-order valence-electron chi connectivity index (χ0n) is 19.0. The van der Waals surface area contributed by atoms with E-state index in [1.165, 1.54) is 10.7 Å². The number of anilines is 1. The summed E-state index contributed by atoms with van der Waals surface area (Å²) in [5.41, 5.74) is 0.970. The van der Waals surface area contributed by atoms with Crippen molar-refractivity contribution >= 4 is 38.9 Å². The fraction of sp³-hybridized carbons (Fsp3) is 0.417. The molecule has 0 radical (unpaired) electrons. The predicted molar refractivity (Wildman–Crippen MR) is 134 cm³/mol. The van der Waals surface area contributed by atoms with E-state index in [2.05, 4.69) is 10.6 Å². The summed E-state index contributed by atoms with van der Waals surface area (Å²) in [5, 5.41) is 5.68. The third kappa shape index (κ3) is 6.52. The summed E-state index contributed by atoms with van der Waals surface area (Å²) in [6.45, 7) is 2.50. The number of nitrogens with one attached hydrogen (secondary N) is 2. The van der Waals surface area contributed by atoms with Crippen LogP contribution in [-0.2, 0) is 10.0 Å². The minimum atomic E-state index is -3.56. The number of benzene rings is 2. The molecule has 1 saturated carbocycles. The second-order valence-electron chi connectivity index (χ2n) is 8.09. The van der Waals surface area contributed by atoms with Crippen LogP contribution in [0.4, 0.5) is 5.69 Å². The molecule has 2 aromatic carbocycles. The molecule has 0 saturated heterocycles. The van der Waals surface area contributed by atoms with E-state index in [9.17, 15) is 13.2 Å². The molecule has 0 heterocycles. The van der Waals surface area contributed by atoms with Crippen molar-refractivity contribution in [2.45, 2.75) is 56.4 Å². The van der Waals surface area contributed by atoms with Crippen molar-refractivity contribution in [3.8, 4) is 5.75 Å². The highest BCUT2D eigenvalue weighted by Gasteiger charge is 2.29. The second kappa shape index (κ2) is 11.6.